The van der Waals surface area contributed by atoms with Crippen LogP contribution in [0.1, 0.15) is 0 Å². The van der Waals surface area contributed by atoms with E-state index in [9.17, 15) is 9.59 Å². The van der Waals surface area contributed by atoms with E-state index in [4.69, 9.17) is 40.4 Å². The molecule has 0 heterocycles. The smallest absolute Gasteiger partial charge is 0.250 e. The fraction of sp³-hybridized carbons (Fsp3) is 0.750. The number of hydrogen-bond acceptors (Lipinski definition) is 6. The fourth-order valence-electron chi connectivity index (χ4n) is 0.977. The normalized spacial score (nSPS) is 14.4. The molecule has 0 aromatic carbocycles. The Labute approximate surface area is 124 Å². The van der Waals surface area contributed by atoms with E-state index in [1.54, 1.807) is 10.8 Å². The lowest BCUT2D eigenvalue weighted by atomic mass is 10.4. The summed E-state index contributed by atoms with van der Waals surface area (Å²) in [4.78, 5) is 23.3. The van der Waals surface area contributed by atoms with Crippen LogP contribution in [0.25, 0.3) is 0 Å². The third kappa shape index (κ3) is 6.91. The van der Waals surface area contributed by atoms with Gasteiger partial charge in [-0.05, 0) is 0 Å². The maximum atomic E-state index is 11.0. The van der Waals surface area contributed by atoms with Gasteiger partial charge in [-0.25, -0.2) is 0 Å². The first-order valence-corrected chi connectivity index (χ1v) is 8.35. The summed E-state index contributed by atoms with van der Waals surface area (Å²) in [5.41, 5.74) is 13.2. The van der Waals surface area contributed by atoms with E-state index in [1.807, 2.05) is 0 Å². The second kappa shape index (κ2) is 9.99. The molecule has 0 spiro atoms. The highest BCUT2D eigenvalue weighted by Gasteiger charge is 2.30. The van der Waals surface area contributed by atoms with Crippen molar-refractivity contribution in [2.75, 3.05) is 24.6 Å². The molecule has 0 bridgehead atoms. The molecule has 2 unspecified atom stereocenters. The van der Waals surface area contributed by atoms with Crippen molar-refractivity contribution < 1.29 is 9.59 Å². The van der Waals surface area contributed by atoms with Crippen molar-refractivity contribution in [2.45, 2.75) is 11.0 Å². The number of nitrogens with two attached hydrogens (primary N) is 3. The standard InChI is InChI=1S/C8H16Cl2N4O2S2/c9-5(7(12)15)14(6(10)8(13)16)2-4-18-17-3-1-11/h5-6H,1-4,11H2,(H2,12,15)(H2,13,16). The highest BCUT2D eigenvalue weighted by Crippen LogP contribution is 2.22. The zero-order valence-corrected chi connectivity index (χ0v) is 12.7. The number of rotatable bonds is 10. The molecule has 0 radical (unpaired) electrons. The quantitative estimate of drug-likeness (QED) is 0.219. The summed E-state index contributed by atoms with van der Waals surface area (Å²) in [6.07, 6.45) is 0. The zero-order chi connectivity index (χ0) is 14.1. The summed E-state index contributed by atoms with van der Waals surface area (Å²) in [7, 11) is 3.12. The monoisotopic (exact) mass is 334 g/mol. The van der Waals surface area contributed by atoms with E-state index in [-0.39, 0.29) is 0 Å². The molecule has 0 saturated heterocycles. The van der Waals surface area contributed by atoms with Gasteiger partial charge in [0.2, 0.25) is 11.8 Å². The third-order valence-electron chi connectivity index (χ3n) is 1.77. The predicted molar refractivity (Wildman–Crippen MR) is 78.3 cm³/mol. The van der Waals surface area contributed by atoms with Crippen molar-refractivity contribution in [1.29, 1.82) is 0 Å². The molecule has 6 nitrogen and oxygen atoms in total. The van der Waals surface area contributed by atoms with Gasteiger partial charge in [-0.1, -0.05) is 44.8 Å². The number of carbonyl (C=O) groups is 2. The lowest BCUT2D eigenvalue weighted by Crippen LogP contribution is -2.50. The summed E-state index contributed by atoms with van der Waals surface area (Å²) >= 11 is 11.6. The highest BCUT2D eigenvalue weighted by atomic mass is 35.5. The van der Waals surface area contributed by atoms with E-state index in [2.05, 4.69) is 0 Å². The van der Waals surface area contributed by atoms with E-state index in [0.717, 1.165) is 5.75 Å². The van der Waals surface area contributed by atoms with Crippen molar-refractivity contribution in [3.63, 3.8) is 0 Å². The Balaban J connectivity index is 4.30. The summed E-state index contributed by atoms with van der Waals surface area (Å²) in [6, 6.07) is 0. The number of hydrogen-bond donors (Lipinski definition) is 3. The molecule has 0 aliphatic carbocycles. The van der Waals surface area contributed by atoms with E-state index in [0.29, 0.717) is 18.8 Å². The first-order chi connectivity index (χ1) is 8.41. The molecule has 0 fully saturated rings. The summed E-state index contributed by atoms with van der Waals surface area (Å²) in [5, 5.41) is 0. The maximum absolute atomic E-state index is 11.0. The second-order valence-corrected chi connectivity index (χ2v) is 6.68. The zero-order valence-electron chi connectivity index (χ0n) is 9.55. The Morgan fingerprint density at radius 1 is 1.06 bits per heavy atom. The number of primary amides is 2. The summed E-state index contributed by atoms with van der Waals surface area (Å²) in [6.45, 7) is 0.899. The molecule has 18 heavy (non-hydrogen) atoms. The summed E-state index contributed by atoms with van der Waals surface area (Å²) < 4.78 is 0. The number of carbonyl (C=O) groups excluding carboxylic acids is 2. The number of amides is 2. The van der Waals surface area contributed by atoms with Gasteiger partial charge in [0, 0.05) is 24.6 Å². The SMILES string of the molecule is NCCSSCCN(C(Cl)C(N)=O)C(Cl)C(N)=O. The summed E-state index contributed by atoms with van der Waals surface area (Å²) in [5.74, 6) is -0.130. The van der Waals surface area contributed by atoms with Crippen LogP contribution in [0.2, 0.25) is 0 Å². The van der Waals surface area contributed by atoms with Crippen molar-refractivity contribution >= 4 is 56.6 Å². The van der Waals surface area contributed by atoms with Gasteiger partial charge in [0.25, 0.3) is 0 Å². The Morgan fingerprint density at radius 2 is 1.50 bits per heavy atom. The molecule has 106 valence electrons. The van der Waals surface area contributed by atoms with E-state index < -0.39 is 22.8 Å². The van der Waals surface area contributed by atoms with Crippen molar-refractivity contribution in [3.05, 3.63) is 0 Å². The molecular weight excluding hydrogens is 319 g/mol. The molecule has 0 aliphatic heterocycles. The van der Waals surface area contributed by atoms with Gasteiger partial charge in [-0.15, -0.1) is 0 Å². The van der Waals surface area contributed by atoms with Crippen LogP contribution in [-0.2, 0) is 9.59 Å². The van der Waals surface area contributed by atoms with Gasteiger partial charge in [0.15, 0.2) is 11.0 Å². The Bertz CT molecular complexity index is 266. The van der Waals surface area contributed by atoms with Crippen LogP contribution in [-0.4, -0.2) is 52.3 Å². The number of alkyl halides is 2. The predicted octanol–water partition coefficient (Wildman–Crippen LogP) is -0.271. The molecule has 0 saturated carbocycles. The molecule has 0 rings (SSSR count). The van der Waals surface area contributed by atoms with Gasteiger partial charge < -0.3 is 17.2 Å². The van der Waals surface area contributed by atoms with E-state index in [1.165, 1.54) is 15.7 Å². The number of nitrogens with zero attached hydrogens (tertiary/aromatic N) is 1. The van der Waals surface area contributed by atoms with Crippen molar-refractivity contribution in [3.8, 4) is 0 Å². The Kier molecular flexibility index (Phi) is 10.1. The van der Waals surface area contributed by atoms with Gasteiger partial charge in [-0.3, -0.25) is 14.5 Å². The molecular formula is C8H16Cl2N4O2S2. The molecule has 10 heteroatoms. The third-order valence-corrected chi connectivity index (χ3v) is 5.12. The second-order valence-electron chi connectivity index (χ2n) is 3.15. The minimum Gasteiger partial charge on any atom is -0.367 e. The number of halogens is 2. The largest absolute Gasteiger partial charge is 0.367 e. The Morgan fingerprint density at radius 3 is 1.89 bits per heavy atom. The van der Waals surface area contributed by atoms with Crippen LogP contribution < -0.4 is 17.2 Å². The molecule has 2 amide bonds. The van der Waals surface area contributed by atoms with Crippen molar-refractivity contribution in [2.24, 2.45) is 17.2 Å². The molecule has 0 aromatic heterocycles. The molecule has 0 aliphatic rings. The van der Waals surface area contributed by atoms with Gasteiger partial charge >= 0.3 is 0 Å². The fourth-order valence-corrected chi connectivity index (χ4v) is 3.29. The topological polar surface area (TPSA) is 115 Å². The van der Waals surface area contributed by atoms with Crippen LogP contribution >= 0.6 is 44.8 Å². The molecule has 6 N–H and O–H groups in total. The Hall–Kier alpha value is 0.140. The average Bonchev–Trinajstić information content (AvgIpc) is 2.32. The van der Waals surface area contributed by atoms with Crippen LogP contribution in [0, 0.1) is 0 Å². The lowest BCUT2D eigenvalue weighted by molar-refractivity contribution is -0.124. The van der Waals surface area contributed by atoms with Gasteiger partial charge in [0.1, 0.15) is 0 Å². The van der Waals surface area contributed by atoms with Gasteiger partial charge in [-0.2, -0.15) is 0 Å². The van der Waals surface area contributed by atoms with Crippen LogP contribution in [0.3, 0.4) is 0 Å². The molecule has 2 atom stereocenters. The highest BCUT2D eigenvalue weighted by molar-refractivity contribution is 8.76. The first kappa shape index (κ1) is 18.1. The lowest BCUT2D eigenvalue weighted by Gasteiger charge is -2.27. The minimum atomic E-state index is -1.17. The average molecular weight is 335 g/mol. The van der Waals surface area contributed by atoms with Crippen LogP contribution in [0.15, 0.2) is 0 Å². The van der Waals surface area contributed by atoms with Crippen LogP contribution in [0.4, 0.5) is 0 Å². The first-order valence-electron chi connectivity index (χ1n) is 4.98. The van der Waals surface area contributed by atoms with Crippen LogP contribution in [0.5, 0.6) is 0 Å². The van der Waals surface area contributed by atoms with Gasteiger partial charge in [0.05, 0.1) is 0 Å². The molecule has 0 aromatic rings. The maximum Gasteiger partial charge on any atom is 0.250 e. The van der Waals surface area contributed by atoms with E-state index >= 15 is 0 Å². The minimum absolute atomic E-state index is 0.316. The van der Waals surface area contributed by atoms with Crippen molar-refractivity contribution in [1.82, 2.24) is 4.90 Å².